The zero-order chi connectivity index (χ0) is 10.8. The first kappa shape index (κ1) is 10.7. The number of halogens is 1. The summed E-state index contributed by atoms with van der Waals surface area (Å²) in [5, 5.41) is 1.27. The highest BCUT2D eigenvalue weighted by Crippen LogP contribution is 2.21. The molecular weight excluding hydrogens is 254 g/mol. The van der Waals surface area contributed by atoms with Crippen LogP contribution in [0.5, 0.6) is 0 Å². The highest BCUT2D eigenvalue weighted by molar-refractivity contribution is 9.10. The van der Waals surface area contributed by atoms with Crippen molar-refractivity contribution < 1.29 is 4.74 Å². The number of ether oxygens (including phenoxy) is 1. The van der Waals surface area contributed by atoms with Crippen molar-refractivity contribution in [2.45, 2.75) is 19.6 Å². The lowest BCUT2D eigenvalue weighted by Crippen LogP contribution is -2.13. The van der Waals surface area contributed by atoms with Gasteiger partial charge in [-0.05, 0) is 30.5 Å². The molecule has 1 atom stereocenters. The second-order valence-electron chi connectivity index (χ2n) is 3.72. The van der Waals surface area contributed by atoms with Gasteiger partial charge >= 0.3 is 0 Å². The average Bonchev–Trinajstić information content (AvgIpc) is 2.61. The van der Waals surface area contributed by atoms with Crippen molar-refractivity contribution >= 4 is 26.8 Å². The van der Waals surface area contributed by atoms with Gasteiger partial charge in [-0.15, -0.1) is 0 Å². The van der Waals surface area contributed by atoms with Crippen LogP contribution in [0.3, 0.4) is 0 Å². The molecule has 80 valence electrons. The number of methoxy groups -OCH3 is 1. The third-order valence-corrected chi connectivity index (χ3v) is 3.09. The van der Waals surface area contributed by atoms with E-state index in [0.717, 1.165) is 11.0 Å². The van der Waals surface area contributed by atoms with Crippen molar-refractivity contribution in [3.05, 3.63) is 34.9 Å². The van der Waals surface area contributed by atoms with E-state index < -0.39 is 0 Å². The normalized spacial score (nSPS) is 13.3. The highest BCUT2D eigenvalue weighted by Gasteiger charge is 2.05. The van der Waals surface area contributed by atoms with Crippen molar-refractivity contribution in [2.24, 2.45) is 0 Å². The van der Waals surface area contributed by atoms with Crippen LogP contribution in [0.1, 0.15) is 6.92 Å². The van der Waals surface area contributed by atoms with E-state index in [4.69, 9.17) is 4.74 Å². The van der Waals surface area contributed by atoms with Gasteiger partial charge < -0.3 is 9.30 Å². The van der Waals surface area contributed by atoms with E-state index in [0.29, 0.717) is 0 Å². The Morgan fingerprint density at radius 1 is 1.40 bits per heavy atom. The molecular formula is C12H14BrNO. The van der Waals surface area contributed by atoms with Crippen molar-refractivity contribution in [1.82, 2.24) is 4.57 Å². The summed E-state index contributed by atoms with van der Waals surface area (Å²) in [5.74, 6) is 0. The average molecular weight is 268 g/mol. The number of nitrogens with zero attached hydrogens (tertiary/aromatic N) is 1. The summed E-state index contributed by atoms with van der Waals surface area (Å²) in [5.41, 5.74) is 1.24. The second kappa shape index (κ2) is 4.37. The van der Waals surface area contributed by atoms with E-state index in [-0.39, 0.29) is 6.10 Å². The number of rotatable bonds is 3. The quantitative estimate of drug-likeness (QED) is 0.831. The van der Waals surface area contributed by atoms with Gasteiger partial charge in [0.25, 0.3) is 0 Å². The summed E-state index contributed by atoms with van der Waals surface area (Å²) >= 11 is 3.49. The maximum absolute atomic E-state index is 5.27. The maximum Gasteiger partial charge on any atom is 0.0722 e. The molecule has 0 spiro atoms. The smallest absolute Gasteiger partial charge is 0.0722 e. The Hall–Kier alpha value is -0.800. The molecule has 0 radical (unpaired) electrons. The van der Waals surface area contributed by atoms with Crippen LogP contribution in [-0.4, -0.2) is 17.8 Å². The minimum atomic E-state index is 0.236. The van der Waals surface area contributed by atoms with Crippen LogP contribution >= 0.6 is 15.9 Å². The molecule has 0 saturated carbocycles. The summed E-state index contributed by atoms with van der Waals surface area (Å²) in [6, 6.07) is 8.45. The van der Waals surface area contributed by atoms with Crippen LogP contribution in [0.4, 0.5) is 0 Å². The second-order valence-corrected chi connectivity index (χ2v) is 4.63. The Balaban J connectivity index is 2.39. The van der Waals surface area contributed by atoms with E-state index in [1.165, 1.54) is 10.9 Å². The molecule has 2 nitrogen and oxygen atoms in total. The Morgan fingerprint density at radius 2 is 2.20 bits per heavy atom. The highest BCUT2D eigenvalue weighted by atomic mass is 79.9. The Morgan fingerprint density at radius 3 is 2.93 bits per heavy atom. The third-order valence-electron chi connectivity index (χ3n) is 2.59. The van der Waals surface area contributed by atoms with Crippen LogP contribution in [0.15, 0.2) is 34.9 Å². The molecule has 2 rings (SSSR count). The molecule has 15 heavy (non-hydrogen) atoms. The van der Waals surface area contributed by atoms with Crippen molar-refractivity contribution in [2.75, 3.05) is 7.11 Å². The third kappa shape index (κ3) is 2.24. The molecule has 0 bridgehead atoms. The van der Waals surface area contributed by atoms with Crippen LogP contribution in [0.25, 0.3) is 10.9 Å². The fraction of sp³-hybridized carbons (Fsp3) is 0.333. The monoisotopic (exact) mass is 267 g/mol. The largest absolute Gasteiger partial charge is 0.380 e. The topological polar surface area (TPSA) is 14.2 Å². The Labute approximate surface area is 98.0 Å². The SMILES string of the molecule is COC(C)Cn1ccc2ccc(Br)cc21. The van der Waals surface area contributed by atoms with Gasteiger partial charge in [0, 0.05) is 29.8 Å². The van der Waals surface area contributed by atoms with Gasteiger partial charge in [-0.1, -0.05) is 22.0 Å². The van der Waals surface area contributed by atoms with Gasteiger partial charge in [0.1, 0.15) is 0 Å². The maximum atomic E-state index is 5.27. The molecule has 0 amide bonds. The van der Waals surface area contributed by atoms with Gasteiger partial charge in [-0.2, -0.15) is 0 Å². The van der Waals surface area contributed by atoms with Gasteiger partial charge in [-0.3, -0.25) is 0 Å². The zero-order valence-electron chi connectivity index (χ0n) is 8.90. The number of hydrogen-bond acceptors (Lipinski definition) is 1. The number of benzene rings is 1. The van der Waals surface area contributed by atoms with Crippen LogP contribution in [-0.2, 0) is 11.3 Å². The van der Waals surface area contributed by atoms with E-state index in [2.05, 4.69) is 57.9 Å². The fourth-order valence-electron chi connectivity index (χ4n) is 1.67. The summed E-state index contributed by atoms with van der Waals surface area (Å²) in [6.45, 7) is 2.96. The van der Waals surface area contributed by atoms with E-state index >= 15 is 0 Å². The van der Waals surface area contributed by atoms with Crippen LogP contribution in [0.2, 0.25) is 0 Å². The molecule has 0 fully saturated rings. The molecule has 1 unspecified atom stereocenters. The minimum absolute atomic E-state index is 0.236. The van der Waals surface area contributed by atoms with Crippen LogP contribution < -0.4 is 0 Å². The summed E-state index contributed by atoms with van der Waals surface area (Å²) in [6.07, 6.45) is 2.34. The molecule has 0 aliphatic carbocycles. The van der Waals surface area contributed by atoms with E-state index in [1.807, 2.05) is 0 Å². The predicted octanol–water partition coefficient (Wildman–Crippen LogP) is 3.44. The number of fused-ring (bicyclic) bond motifs is 1. The molecule has 0 aliphatic heterocycles. The van der Waals surface area contributed by atoms with Gasteiger partial charge in [0.2, 0.25) is 0 Å². The molecule has 0 N–H and O–H groups in total. The Kier molecular flexibility index (Phi) is 3.12. The molecule has 1 heterocycles. The lowest BCUT2D eigenvalue weighted by Gasteiger charge is -2.11. The Bertz CT molecular complexity index is 464. The van der Waals surface area contributed by atoms with Crippen LogP contribution in [0, 0.1) is 0 Å². The van der Waals surface area contributed by atoms with E-state index in [9.17, 15) is 0 Å². The van der Waals surface area contributed by atoms with Gasteiger partial charge in [-0.25, -0.2) is 0 Å². The minimum Gasteiger partial charge on any atom is -0.380 e. The molecule has 0 aliphatic rings. The number of aromatic nitrogens is 1. The standard InChI is InChI=1S/C12H14BrNO/c1-9(15-2)8-14-6-5-10-3-4-11(13)7-12(10)14/h3-7,9H,8H2,1-2H3. The first-order valence-electron chi connectivity index (χ1n) is 4.98. The van der Waals surface area contributed by atoms with E-state index in [1.54, 1.807) is 7.11 Å². The zero-order valence-corrected chi connectivity index (χ0v) is 10.5. The van der Waals surface area contributed by atoms with Gasteiger partial charge in [0.05, 0.1) is 6.10 Å². The first-order chi connectivity index (χ1) is 7.20. The number of hydrogen-bond donors (Lipinski definition) is 0. The molecule has 3 heteroatoms. The molecule has 2 aromatic rings. The summed E-state index contributed by atoms with van der Waals surface area (Å²) < 4.78 is 8.60. The van der Waals surface area contributed by atoms with Crippen molar-refractivity contribution in [3.8, 4) is 0 Å². The summed E-state index contributed by atoms with van der Waals surface area (Å²) in [7, 11) is 1.74. The summed E-state index contributed by atoms with van der Waals surface area (Å²) in [4.78, 5) is 0. The molecule has 1 aromatic carbocycles. The lowest BCUT2D eigenvalue weighted by molar-refractivity contribution is 0.104. The molecule has 0 saturated heterocycles. The molecule has 1 aromatic heterocycles. The first-order valence-corrected chi connectivity index (χ1v) is 5.77. The van der Waals surface area contributed by atoms with Crippen molar-refractivity contribution in [3.63, 3.8) is 0 Å². The van der Waals surface area contributed by atoms with Crippen molar-refractivity contribution in [1.29, 1.82) is 0 Å². The predicted molar refractivity (Wildman–Crippen MR) is 66.1 cm³/mol. The van der Waals surface area contributed by atoms with Gasteiger partial charge in [0.15, 0.2) is 0 Å². The fourth-order valence-corrected chi connectivity index (χ4v) is 2.02. The lowest BCUT2D eigenvalue weighted by atomic mass is 10.2.